The first-order valence-corrected chi connectivity index (χ1v) is 23.7. The molecule has 1 aromatic rings. The van der Waals surface area contributed by atoms with Crippen molar-refractivity contribution in [2.24, 2.45) is 0 Å². The Balaban J connectivity index is 0.916. The first-order chi connectivity index (χ1) is 28.4. The number of fused-ring (bicyclic) bond motifs is 1. The quantitative estimate of drug-likeness (QED) is 0.0508. The molecule has 3 saturated heterocycles. The summed E-state index contributed by atoms with van der Waals surface area (Å²) in [5, 5.41) is 22.1. The van der Waals surface area contributed by atoms with Gasteiger partial charge >= 0.3 is 13.6 Å². The second-order valence-electron chi connectivity index (χ2n) is 16.7. The predicted octanol–water partition coefficient (Wildman–Crippen LogP) is 3.46. The van der Waals surface area contributed by atoms with Crippen molar-refractivity contribution in [1.82, 2.24) is 31.1 Å². The number of ether oxygens (including phenoxy) is 2. The third-order valence-electron chi connectivity index (χ3n) is 11.0. The Hall–Kier alpha value is -3.77. The largest absolute Gasteiger partial charge is 0.378 e. The second kappa shape index (κ2) is 21.3. The van der Waals surface area contributed by atoms with Crippen molar-refractivity contribution >= 4 is 49.0 Å². The van der Waals surface area contributed by atoms with E-state index < -0.39 is 44.2 Å². The van der Waals surface area contributed by atoms with Crippen LogP contribution in [0.25, 0.3) is 0 Å². The molecule has 5 rings (SSSR count). The minimum absolute atomic E-state index is 0.00347. The number of aliphatic hydroxyl groups excluding tert-OH is 1. The SMILES string of the molecule is COC1C[C@H](N2C=C/C(=C\C(=O)NCCCCCCNC(=O)CCCCC3SCC4C3NC(=O)N4C(=O)c3ccc(C(C)(C)C)cc3)C(=O)NC2O)O[C@@H]1COP(C)(=O)O. The number of benzene rings is 1. The lowest BCUT2D eigenvalue weighted by Crippen LogP contribution is -2.49. The van der Waals surface area contributed by atoms with Crippen LogP contribution < -0.4 is 21.3 Å². The molecule has 6 unspecified atom stereocenters. The molecule has 19 heteroatoms. The highest BCUT2D eigenvalue weighted by atomic mass is 32.2. The fraction of sp³-hybridized carbons (Fsp3) is 0.634. The summed E-state index contributed by atoms with van der Waals surface area (Å²) in [5.41, 5.74) is 1.63. The average molecular weight is 877 g/mol. The average Bonchev–Trinajstić information content (AvgIpc) is 3.85. The molecule has 4 aliphatic heterocycles. The van der Waals surface area contributed by atoms with Gasteiger partial charge in [0.2, 0.25) is 18.2 Å². The van der Waals surface area contributed by atoms with E-state index in [4.69, 9.17) is 14.0 Å². The molecule has 0 aliphatic carbocycles. The van der Waals surface area contributed by atoms with Crippen molar-refractivity contribution in [2.75, 3.05) is 39.2 Å². The Morgan fingerprint density at radius 1 is 1.03 bits per heavy atom. The summed E-state index contributed by atoms with van der Waals surface area (Å²) in [5.74, 6) is -0.691. The normalized spacial score (nSPS) is 27.0. The van der Waals surface area contributed by atoms with Gasteiger partial charge in [-0.15, -0.1) is 0 Å². The van der Waals surface area contributed by atoms with Gasteiger partial charge in [0.1, 0.15) is 12.3 Å². The van der Waals surface area contributed by atoms with Gasteiger partial charge in [0, 0.05) is 74.1 Å². The summed E-state index contributed by atoms with van der Waals surface area (Å²) in [4.78, 5) is 76.2. The van der Waals surface area contributed by atoms with Gasteiger partial charge in [0.15, 0.2) is 0 Å². The van der Waals surface area contributed by atoms with Gasteiger partial charge in [0.05, 0.1) is 24.8 Å². The summed E-state index contributed by atoms with van der Waals surface area (Å²) in [6.45, 7) is 8.18. The number of nitrogens with zero attached hydrogens (tertiary/aromatic N) is 2. The molecule has 0 aromatic heterocycles. The number of unbranched alkanes of at least 4 members (excludes halogenated alkanes) is 4. The van der Waals surface area contributed by atoms with Crippen LogP contribution in [0, 0.1) is 0 Å². The number of imide groups is 1. The summed E-state index contributed by atoms with van der Waals surface area (Å²) in [6, 6.07) is 6.88. The van der Waals surface area contributed by atoms with Crippen LogP contribution >= 0.6 is 19.4 Å². The molecule has 0 bridgehead atoms. The molecule has 4 heterocycles. The molecule has 4 aliphatic rings. The van der Waals surface area contributed by atoms with Crippen LogP contribution in [-0.4, -0.2) is 131 Å². The summed E-state index contributed by atoms with van der Waals surface area (Å²) in [7, 11) is -2.27. The van der Waals surface area contributed by atoms with Crippen molar-refractivity contribution in [1.29, 1.82) is 0 Å². The number of amides is 6. The van der Waals surface area contributed by atoms with Crippen molar-refractivity contribution in [3.05, 3.63) is 59.3 Å². The Morgan fingerprint density at radius 3 is 2.40 bits per heavy atom. The number of hydrogen-bond donors (Lipinski definition) is 6. The second-order valence-corrected chi connectivity index (χ2v) is 19.8. The van der Waals surface area contributed by atoms with Crippen molar-refractivity contribution in [3.8, 4) is 0 Å². The number of urea groups is 1. The minimum Gasteiger partial charge on any atom is -0.378 e. The molecule has 1 aromatic carbocycles. The molecule has 6 amide bonds. The first-order valence-electron chi connectivity index (χ1n) is 20.6. The number of thioether (sulfide) groups is 1. The first kappa shape index (κ1) is 47.3. The molecule has 0 radical (unpaired) electrons. The lowest BCUT2D eigenvalue weighted by molar-refractivity contribution is -0.136. The highest BCUT2D eigenvalue weighted by Gasteiger charge is 2.50. The third-order valence-corrected chi connectivity index (χ3v) is 13.2. The number of rotatable bonds is 19. The van der Waals surface area contributed by atoms with Crippen molar-refractivity contribution < 1.29 is 52.5 Å². The van der Waals surface area contributed by atoms with E-state index in [1.54, 1.807) is 23.9 Å². The monoisotopic (exact) mass is 876 g/mol. The van der Waals surface area contributed by atoms with E-state index in [1.807, 2.05) is 12.1 Å². The molecule has 60 heavy (non-hydrogen) atoms. The van der Waals surface area contributed by atoms with Crippen LogP contribution in [0.5, 0.6) is 0 Å². The maximum Gasteiger partial charge on any atom is 0.325 e. The number of nitrogens with one attached hydrogen (secondary N) is 4. The lowest BCUT2D eigenvalue weighted by Gasteiger charge is -2.30. The maximum atomic E-state index is 13.3. The van der Waals surface area contributed by atoms with E-state index in [9.17, 15) is 38.5 Å². The number of aliphatic hydroxyl groups is 1. The standard InChI is InChI=1S/C41H61N6O11PS/c1-41(2,3)28-16-14-26(15-17-28)38(51)47-29-25-60-32(36(29)44-40(47)53)12-8-9-13-33(48)42-19-10-6-7-11-20-43-34(49)22-27-18-21-46(39(52)45-37(27)50)35-23-30(56-4)31(58-35)24-57-59(5,54)55/h14-18,21-22,29-32,35-36,39,52H,6-13,19-20,23-25H2,1-5H3,(H,42,48)(H,43,49)(H,44,53)(H,45,50)(H,54,55)/b27-22+/t29?,30?,31-,32?,35-,36?,39?/m1/s1. The molecular formula is C41H61N6O11PS. The zero-order chi connectivity index (χ0) is 43.6. The van der Waals surface area contributed by atoms with Gasteiger partial charge in [0.25, 0.3) is 11.8 Å². The van der Waals surface area contributed by atoms with E-state index in [2.05, 4.69) is 42.0 Å². The molecular weight excluding hydrogens is 816 g/mol. The fourth-order valence-electron chi connectivity index (χ4n) is 7.64. The van der Waals surface area contributed by atoms with Crippen molar-refractivity contribution in [3.63, 3.8) is 0 Å². The van der Waals surface area contributed by atoms with Gasteiger partial charge in [-0.25, -0.2) is 4.79 Å². The molecule has 332 valence electrons. The van der Waals surface area contributed by atoms with Crippen LogP contribution in [0.2, 0.25) is 0 Å². The van der Waals surface area contributed by atoms with Gasteiger partial charge in [-0.2, -0.15) is 11.8 Å². The van der Waals surface area contributed by atoms with Gasteiger partial charge < -0.3 is 50.2 Å². The summed E-state index contributed by atoms with van der Waals surface area (Å²) < 4.78 is 27.9. The Labute approximate surface area is 356 Å². The van der Waals surface area contributed by atoms with Crippen LogP contribution in [0.4, 0.5) is 4.79 Å². The molecule has 17 nitrogen and oxygen atoms in total. The van der Waals surface area contributed by atoms with Crippen molar-refractivity contribution in [2.45, 2.75) is 126 Å². The van der Waals surface area contributed by atoms with E-state index in [0.29, 0.717) is 37.2 Å². The zero-order valence-electron chi connectivity index (χ0n) is 35.1. The van der Waals surface area contributed by atoms with E-state index in [1.165, 1.54) is 29.2 Å². The molecule has 8 atom stereocenters. The van der Waals surface area contributed by atoms with Crippen LogP contribution in [0.1, 0.15) is 94.5 Å². The van der Waals surface area contributed by atoms with Crippen LogP contribution in [-0.2, 0) is 38.4 Å². The Morgan fingerprint density at radius 2 is 1.73 bits per heavy atom. The highest BCUT2D eigenvalue weighted by Crippen LogP contribution is 2.39. The number of hydrogen-bond acceptors (Lipinski definition) is 12. The van der Waals surface area contributed by atoms with Crippen LogP contribution in [0.3, 0.4) is 0 Å². The van der Waals surface area contributed by atoms with Gasteiger partial charge in [-0.1, -0.05) is 52.2 Å². The maximum absolute atomic E-state index is 13.3. The predicted molar refractivity (Wildman–Crippen MR) is 226 cm³/mol. The Bertz CT molecular complexity index is 1800. The topological polar surface area (TPSA) is 225 Å². The number of methoxy groups -OCH3 is 1. The molecule has 0 saturated carbocycles. The smallest absolute Gasteiger partial charge is 0.325 e. The Kier molecular flexibility index (Phi) is 16.8. The highest BCUT2D eigenvalue weighted by molar-refractivity contribution is 8.00. The van der Waals surface area contributed by atoms with E-state index in [0.717, 1.165) is 56.8 Å². The zero-order valence-corrected chi connectivity index (χ0v) is 36.8. The third kappa shape index (κ3) is 13.1. The molecule has 3 fully saturated rings. The number of carbonyl (C=O) groups excluding carboxylic acids is 5. The van der Waals surface area contributed by atoms with E-state index >= 15 is 0 Å². The summed E-state index contributed by atoms with van der Waals surface area (Å²) in [6.07, 6.45) is 6.94. The minimum atomic E-state index is -3.74. The van der Waals surface area contributed by atoms with Gasteiger partial charge in [-0.05, 0) is 54.9 Å². The van der Waals surface area contributed by atoms with E-state index in [-0.39, 0.29) is 59.2 Å². The lowest BCUT2D eigenvalue weighted by atomic mass is 9.86. The molecule has 6 N–H and O–H groups in total. The van der Waals surface area contributed by atoms with Gasteiger partial charge in [-0.3, -0.25) is 28.6 Å². The summed E-state index contributed by atoms with van der Waals surface area (Å²) >= 11 is 1.77. The fourth-order valence-corrected chi connectivity index (χ4v) is 9.65. The van der Waals surface area contributed by atoms with Crippen LogP contribution in [0.15, 0.2) is 48.2 Å². The molecule has 0 spiro atoms. The number of carbonyl (C=O) groups is 5.